The number of rotatable bonds is 3. The van der Waals surface area contributed by atoms with Crippen LogP contribution in [0.25, 0.3) is 0 Å². The highest BCUT2D eigenvalue weighted by Gasteiger charge is 2.14. The van der Waals surface area contributed by atoms with Crippen LogP contribution in [0, 0.1) is 23.3 Å². The average molecular weight is 418 g/mol. The molecular formula is C18H16BrF4NO. The van der Waals surface area contributed by atoms with Crippen molar-refractivity contribution < 1.29 is 22.4 Å². The highest BCUT2D eigenvalue weighted by molar-refractivity contribution is 9.10. The van der Waals surface area contributed by atoms with Crippen molar-refractivity contribution in [2.24, 2.45) is 0 Å². The predicted molar refractivity (Wildman–Crippen MR) is 90.3 cm³/mol. The van der Waals surface area contributed by atoms with Crippen LogP contribution in [0.15, 0.2) is 34.8 Å². The van der Waals surface area contributed by atoms with Gasteiger partial charge in [-0.05, 0) is 71.7 Å². The molecule has 0 radical (unpaired) electrons. The minimum atomic E-state index is -0.734. The number of benzene rings is 2. The first-order chi connectivity index (χ1) is 11.9. The highest BCUT2D eigenvalue weighted by atomic mass is 79.9. The molecule has 0 spiro atoms. The molecule has 2 aromatic rings. The van der Waals surface area contributed by atoms with Gasteiger partial charge in [0.25, 0.3) is 0 Å². The third-order valence-corrected chi connectivity index (χ3v) is 4.43. The molecule has 1 aliphatic rings. The van der Waals surface area contributed by atoms with Gasteiger partial charge in [-0.25, -0.2) is 17.6 Å². The molecule has 0 saturated carbocycles. The molecule has 7 heteroatoms. The smallest absolute Gasteiger partial charge is 0.150 e. The number of nitrogens with zero attached hydrogens (tertiary/aromatic N) is 1. The van der Waals surface area contributed by atoms with Gasteiger partial charge in [-0.2, -0.15) is 0 Å². The van der Waals surface area contributed by atoms with E-state index in [0.717, 1.165) is 25.2 Å². The van der Waals surface area contributed by atoms with E-state index in [-0.39, 0.29) is 10.0 Å². The minimum Gasteiger partial charge on any atom is -0.299 e. The molecule has 25 heavy (non-hydrogen) atoms. The van der Waals surface area contributed by atoms with E-state index in [9.17, 15) is 22.4 Å². The normalized spacial score (nSPS) is 14.1. The molecule has 0 N–H and O–H groups in total. The Labute approximate surface area is 151 Å². The monoisotopic (exact) mass is 417 g/mol. The standard InChI is InChI=1S/C11H12BrF2N.C7H4F2O/c12-11-9(13)5-8(6-10(11)14)7-15-3-1-2-4-15;8-6-1-5(4-10)2-7(9)3-6/h5-6H,1-4,7H2;1-4H. The van der Waals surface area contributed by atoms with Gasteiger partial charge in [0.1, 0.15) is 29.6 Å². The Balaban J connectivity index is 0.000000196. The summed E-state index contributed by atoms with van der Waals surface area (Å²) in [6.45, 7) is 2.69. The molecule has 0 bridgehead atoms. The Morgan fingerprint density at radius 3 is 1.92 bits per heavy atom. The number of hydrogen-bond donors (Lipinski definition) is 0. The van der Waals surface area contributed by atoms with Crippen LogP contribution in [0.1, 0.15) is 28.8 Å². The van der Waals surface area contributed by atoms with E-state index < -0.39 is 23.3 Å². The van der Waals surface area contributed by atoms with Gasteiger partial charge >= 0.3 is 0 Å². The first kappa shape index (κ1) is 19.6. The quantitative estimate of drug-likeness (QED) is 0.393. The van der Waals surface area contributed by atoms with E-state index in [1.54, 1.807) is 0 Å². The average Bonchev–Trinajstić information content (AvgIpc) is 3.05. The van der Waals surface area contributed by atoms with Gasteiger partial charge in [0, 0.05) is 18.2 Å². The van der Waals surface area contributed by atoms with E-state index in [1.165, 1.54) is 25.0 Å². The predicted octanol–water partition coefficient (Wildman–Crippen LogP) is 5.10. The molecule has 1 aliphatic heterocycles. The first-order valence-electron chi connectivity index (χ1n) is 7.66. The van der Waals surface area contributed by atoms with Crippen molar-refractivity contribution in [3.63, 3.8) is 0 Å². The van der Waals surface area contributed by atoms with Crippen molar-refractivity contribution in [1.82, 2.24) is 4.90 Å². The van der Waals surface area contributed by atoms with Crippen LogP contribution in [-0.4, -0.2) is 24.3 Å². The van der Waals surface area contributed by atoms with E-state index in [2.05, 4.69) is 20.8 Å². The summed E-state index contributed by atoms with van der Waals surface area (Å²) in [6.07, 6.45) is 2.76. The lowest BCUT2D eigenvalue weighted by Crippen LogP contribution is -2.18. The Morgan fingerprint density at radius 2 is 1.44 bits per heavy atom. The number of halogens is 5. The van der Waals surface area contributed by atoms with Gasteiger partial charge in [-0.15, -0.1) is 0 Å². The van der Waals surface area contributed by atoms with Gasteiger partial charge in [-0.3, -0.25) is 9.69 Å². The van der Waals surface area contributed by atoms with Crippen LogP contribution >= 0.6 is 15.9 Å². The summed E-state index contributed by atoms with van der Waals surface area (Å²) in [7, 11) is 0. The van der Waals surface area contributed by atoms with E-state index in [0.29, 0.717) is 24.5 Å². The summed E-state index contributed by atoms with van der Waals surface area (Å²) < 4.78 is 50.8. The van der Waals surface area contributed by atoms with Gasteiger partial charge < -0.3 is 0 Å². The number of aldehydes is 1. The fourth-order valence-corrected chi connectivity index (χ4v) is 2.77. The van der Waals surface area contributed by atoms with Crippen molar-refractivity contribution in [2.45, 2.75) is 19.4 Å². The van der Waals surface area contributed by atoms with Gasteiger partial charge in [0.05, 0.1) is 4.47 Å². The largest absolute Gasteiger partial charge is 0.299 e. The van der Waals surface area contributed by atoms with Crippen molar-refractivity contribution in [3.8, 4) is 0 Å². The molecule has 0 unspecified atom stereocenters. The van der Waals surface area contributed by atoms with Crippen LogP contribution in [0.3, 0.4) is 0 Å². The molecule has 0 aliphatic carbocycles. The topological polar surface area (TPSA) is 20.3 Å². The molecule has 2 nitrogen and oxygen atoms in total. The fourth-order valence-electron chi connectivity index (χ4n) is 2.54. The van der Waals surface area contributed by atoms with Crippen molar-refractivity contribution in [2.75, 3.05) is 13.1 Å². The lowest BCUT2D eigenvalue weighted by atomic mass is 10.2. The van der Waals surface area contributed by atoms with Crippen molar-refractivity contribution in [3.05, 3.63) is 69.2 Å². The molecule has 2 aromatic carbocycles. The Kier molecular flexibility index (Phi) is 7.13. The Morgan fingerprint density at radius 1 is 0.920 bits per heavy atom. The second-order valence-corrected chi connectivity index (χ2v) is 6.47. The second kappa shape index (κ2) is 9.10. The summed E-state index contributed by atoms with van der Waals surface area (Å²) in [5, 5.41) is 0. The van der Waals surface area contributed by atoms with Crippen molar-refractivity contribution in [1.29, 1.82) is 0 Å². The maximum absolute atomic E-state index is 13.2. The summed E-state index contributed by atoms with van der Waals surface area (Å²) >= 11 is 2.86. The minimum absolute atomic E-state index is 0.0116. The zero-order valence-electron chi connectivity index (χ0n) is 13.2. The lowest BCUT2D eigenvalue weighted by Gasteiger charge is -2.14. The lowest BCUT2D eigenvalue weighted by molar-refractivity contribution is 0.112. The van der Waals surface area contributed by atoms with Crippen LogP contribution < -0.4 is 0 Å². The molecule has 134 valence electrons. The molecular weight excluding hydrogens is 402 g/mol. The Bertz CT molecular complexity index is 705. The van der Waals surface area contributed by atoms with Crippen LogP contribution in [0.4, 0.5) is 17.6 Å². The second-order valence-electron chi connectivity index (χ2n) is 5.68. The number of likely N-dealkylation sites (tertiary alicyclic amines) is 1. The van der Waals surface area contributed by atoms with E-state index in [4.69, 9.17) is 0 Å². The zero-order chi connectivity index (χ0) is 18.4. The van der Waals surface area contributed by atoms with Crippen LogP contribution in [-0.2, 0) is 6.54 Å². The van der Waals surface area contributed by atoms with Gasteiger partial charge in [0.2, 0.25) is 0 Å². The highest BCUT2D eigenvalue weighted by Crippen LogP contribution is 2.22. The molecule has 0 atom stereocenters. The summed E-state index contributed by atoms with van der Waals surface area (Å²) in [4.78, 5) is 12.2. The molecule has 1 fully saturated rings. The zero-order valence-corrected chi connectivity index (χ0v) is 14.8. The molecule has 3 rings (SSSR count). The third kappa shape index (κ3) is 5.93. The molecule has 0 amide bonds. The summed E-state index contributed by atoms with van der Waals surface area (Å²) in [5.41, 5.74) is 0.715. The number of hydrogen-bond acceptors (Lipinski definition) is 2. The third-order valence-electron chi connectivity index (χ3n) is 3.67. The maximum Gasteiger partial charge on any atom is 0.150 e. The summed E-state index contributed by atoms with van der Waals surface area (Å²) in [6, 6.07) is 5.44. The van der Waals surface area contributed by atoms with Gasteiger partial charge in [0.15, 0.2) is 0 Å². The van der Waals surface area contributed by atoms with Gasteiger partial charge in [-0.1, -0.05) is 0 Å². The summed E-state index contributed by atoms with van der Waals surface area (Å²) in [5.74, 6) is -2.52. The number of carbonyl (C=O) groups is 1. The van der Waals surface area contributed by atoms with E-state index >= 15 is 0 Å². The Hall–Kier alpha value is -1.73. The van der Waals surface area contributed by atoms with Crippen LogP contribution in [0.2, 0.25) is 0 Å². The van der Waals surface area contributed by atoms with E-state index in [1.807, 2.05) is 0 Å². The fraction of sp³-hybridized carbons (Fsp3) is 0.278. The maximum atomic E-state index is 13.2. The van der Waals surface area contributed by atoms with Crippen molar-refractivity contribution >= 4 is 22.2 Å². The van der Waals surface area contributed by atoms with Crippen LogP contribution in [0.5, 0.6) is 0 Å². The first-order valence-corrected chi connectivity index (χ1v) is 8.45. The molecule has 1 heterocycles. The molecule has 1 saturated heterocycles. The SMILES string of the molecule is Fc1cc(CN2CCCC2)cc(F)c1Br.O=Cc1cc(F)cc(F)c1. The number of carbonyl (C=O) groups excluding carboxylic acids is 1. The molecule has 0 aromatic heterocycles.